The Bertz CT molecular complexity index is 525. The first-order chi connectivity index (χ1) is 8.66. The van der Waals surface area contributed by atoms with E-state index < -0.39 is 35.5 Å². The van der Waals surface area contributed by atoms with Gasteiger partial charge in [0.15, 0.2) is 5.78 Å². The van der Waals surface area contributed by atoms with Crippen molar-refractivity contribution in [3.05, 3.63) is 28.5 Å². The SMILES string of the molecule is COc1cc(C(=O)CC(=O)C(F)(F)F)c(F)cc1Cl. The molecule has 1 aromatic carbocycles. The largest absolute Gasteiger partial charge is 0.495 e. The van der Waals surface area contributed by atoms with Gasteiger partial charge in [0.25, 0.3) is 0 Å². The number of carbonyl (C=O) groups excluding carboxylic acids is 2. The summed E-state index contributed by atoms with van der Waals surface area (Å²) < 4.78 is 54.1. The number of alkyl halides is 3. The zero-order valence-electron chi connectivity index (χ0n) is 9.48. The van der Waals surface area contributed by atoms with Gasteiger partial charge in [-0.1, -0.05) is 11.6 Å². The maximum absolute atomic E-state index is 13.4. The molecule has 0 amide bonds. The number of hydrogen-bond donors (Lipinski definition) is 0. The molecule has 0 atom stereocenters. The van der Waals surface area contributed by atoms with Gasteiger partial charge in [0.1, 0.15) is 11.6 Å². The highest BCUT2D eigenvalue weighted by Crippen LogP contribution is 2.28. The van der Waals surface area contributed by atoms with E-state index in [-0.39, 0.29) is 10.8 Å². The van der Waals surface area contributed by atoms with Crippen LogP contribution in [0.25, 0.3) is 0 Å². The number of rotatable bonds is 4. The molecule has 19 heavy (non-hydrogen) atoms. The Labute approximate surface area is 110 Å². The third kappa shape index (κ3) is 3.66. The van der Waals surface area contributed by atoms with E-state index in [1.165, 1.54) is 7.11 Å². The zero-order chi connectivity index (χ0) is 14.8. The van der Waals surface area contributed by atoms with Crippen molar-refractivity contribution in [1.82, 2.24) is 0 Å². The van der Waals surface area contributed by atoms with E-state index in [0.29, 0.717) is 0 Å². The summed E-state index contributed by atoms with van der Waals surface area (Å²) in [4.78, 5) is 22.1. The minimum absolute atomic E-state index is 0.0779. The van der Waals surface area contributed by atoms with Crippen LogP contribution in [0.4, 0.5) is 17.6 Å². The molecule has 104 valence electrons. The van der Waals surface area contributed by atoms with Gasteiger partial charge in [-0.05, 0) is 12.1 Å². The minimum Gasteiger partial charge on any atom is -0.495 e. The van der Waals surface area contributed by atoms with Gasteiger partial charge in [-0.15, -0.1) is 0 Å². The standard InChI is InChI=1S/C11H7ClF4O3/c1-19-9-2-5(7(13)3-6(9)12)8(17)4-10(18)11(14,15)16/h2-3H,4H2,1H3. The number of Topliss-reactive ketones (excluding diaryl/α,β-unsaturated/α-hetero) is 2. The third-order valence-electron chi connectivity index (χ3n) is 2.18. The van der Waals surface area contributed by atoms with E-state index in [1.807, 2.05) is 0 Å². The summed E-state index contributed by atoms with van der Waals surface area (Å²) in [5.74, 6) is -4.74. The monoisotopic (exact) mass is 298 g/mol. The Hall–Kier alpha value is -1.63. The van der Waals surface area contributed by atoms with Crippen molar-refractivity contribution in [2.75, 3.05) is 7.11 Å². The Kier molecular flexibility index (Phi) is 4.52. The lowest BCUT2D eigenvalue weighted by molar-refractivity contribution is -0.170. The van der Waals surface area contributed by atoms with Crippen LogP contribution in [-0.2, 0) is 4.79 Å². The van der Waals surface area contributed by atoms with E-state index in [0.717, 1.165) is 12.1 Å². The van der Waals surface area contributed by atoms with Gasteiger partial charge < -0.3 is 4.74 Å². The van der Waals surface area contributed by atoms with Gasteiger partial charge in [0, 0.05) is 0 Å². The normalized spacial score (nSPS) is 11.3. The molecule has 0 bridgehead atoms. The summed E-state index contributed by atoms with van der Waals surface area (Å²) in [7, 11) is 1.19. The third-order valence-corrected chi connectivity index (χ3v) is 2.47. The van der Waals surface area contributed by atoms with Gasteiger partial charge in [-0.25, -0.2) is 4.39 Å². The van der Waals surface area contributed by atoms with Gasteiger partial charge in [0.2, 0.25) is 5.78 Å². The predicted octanol–water partition coefficient (Wildman–Crippen LogP) is 3.19. The van der Waals surface area contributed by atoms with Gasteiger partial charge in [-0.2, -0.15) is 13.2 Å². The van der Waals surface area contributed by atoms with Crippen LogP contribution in [0, 0.1) is 5.82 Å². The van der Waals surface area contributed by atoms with E-state index >= 15 is 0 Å². The summed E-state index contributed by atoms with van der Waals surface area (Å²) in [6.45, 7) is 0. The number of benzene rings is 1. The lowest BCUT2D eigenvalue weighted by atomic mass is 10.0. The molecule has 0 saturated carbocycles. The second kappa shape index (κ2) is 5.56. The molecule has 0 aliphatic heterocycles. The fraction of sp³-hybridized carbons (Fsp3) is 0.273. The molecule has 0 aromatic heterocycles. The zero-order valence-corrected chi connectivity index (χ0v) is 10.2. The molecule has 0 radical (unpaired) electrons. The first-order valence-electron chi connectivity index (χ1n) is 4.83. The molecule has 0 N–H and O–H groups in total. The van der Waals surface area contributed by atoms with Gasteiger partial charge in [-0.3, -0.25) is 9.59 Å². The van der Waals surface area contributed by atoms with Crippen LogP contribution in [0.3, 0.4) is 0 Å². The summed E-state index contributed by atoms with van der Waals surface area (Å²) in [5.41, 5.74) is -0.682. The van der Waals surface area contributed by atoms with Crippen molar-refractivity contribution in [3.8, 4) is 5.75 Å². The lowest BCUT2D eigenvalue weighted by Crippen LogP contribution is -2.25. The molecule has 0 heterocycles. The molecule has 0 aliphatic rings. The molecule has 0 spiro atoms. The average Bonchev–Trinajstić information content (AvgIpc) is 2.27. The molecule has 0 unspecified atom stereocenters. The number of halogens is 5. The van der Waals surface area contributed by atoms with Crippen molar-refractivity contribution in [2.24, 2.45) is 0 Å². The summed E-state index contributed by atoms with van der Waals surface area (Å²) in [5, 5.41) is -0.140. The Balaban J connectivity index is 3.04. The first kappa shape index (κ1) is 15.4. The molecular weight excluding hydrogens is 292 g/mol. The summed E-state index contributed by atoms with van der Waals surface area (Å²) in [6, 6.07) is 1.58. The van der Waals surface area contributed by atoms with Crippen LogP contribution >= 0.6 is 11.6 Å². The topological polar surface area (TPSA) is 43.4 Å². The molecular formula is C11H7ClF4O3. The van der Waals surface area contributed by atoms with E-state index in [4.69, 9.17) is 16.3 Å². The highest BCUT2D eigenvalue weighted by molar-refractivity contribution is 6.32. The lowest BCUT2D eigenvalue weighted by Gasteiger charge is -2.08. The molecule has 8 heteroatoms. The molecule has 0 fully saturated rings. The van der Waals surface area contributed by atoms with Crippen LogP contribution < -0.4 is 4.74 Å². The molecule has 3 nitrogen and oxygen atoms in total. The number of ketones is 2. The second-order valence-electron chi connectivity index (χ2n) is 3.49. The molecule has 0 saturated heterocycles. The van der Waals surface area contributed by atoms with Crippen molar-refractivity contribution in [3.63, 3.8) is 0 Å². The fourth-order valence-corrected chi connectivity index (χ4v) is 1.47. The highest BCUT2D eigenvalue weighted by Gasteiger charge is 2.39. The number of carbonyl (C=O) groups is 2. The highest BCUT2D eigenvalue weighted by atomic mass is 35.5. The van der Waals surface area contributed by atoms with Crippen LogP contribution in [0.1, 0.15) is 16.8 Å². The minimum atomic E-state index is -5.14. The van der Waals surface area contributed by atoms with Crippen LogP contribution in [0.15, 0.2) is 12.1 Å². The van der Waals surface area contributed by atoms with Gasteiger partial charge >= 0.3 is 6.18 Å². The van der Waals surface area contributed by atoms with Crippen LogP contribution in [0.5, 0.6) is 5.75 Å². The van der Waals surface area contributed by atoms with Crippen LogP contribution in [-0.4, -0.2) is 24.9 Å². The number of hydrogen-bond acceptors (Lipinski definition) is 3. The van der Waals surface area contributed by atoms with Crippen molar-refractivity contribution in [2.45, 2.75) is 12.6 Å². The van der Waals surface area contributed by atoms with Crippen LogP contribution in [0.2, 0.25) is 5.02 Å². The smallest absolute Gasteiger partial charge is 0.450 e. The maximum Gasteiger partial charge on any atom is 0.450 e. The van der Waals surface area contributed by atoms with Crippen molar-refractivity contribution < 1.29 is 31.9 Å². The summed E-state index contributed by atoms with van der Waals surface area (Å²) >= 11 is 5.56. The van der Waals surface area contributed by atoms with Gasteiger partial charge in [0.05, 0.1) is 24.1 Å². The van der Waals surface area contributed by atoms with E-state index in [9.17, 15) is 27.2 Å². The maximum atomic E-state index is 13.4. The molecule has 1 aromatic rings. The van der Waals surface area contributed by atoms with Crippen molar-refractivity contribution in [1.29, 1.82) is 0 Å². The first-order valence-corrected chi connectivity index (χ1v) is 5.21. The van der Waals surface area contributed by atoms with Crippen molar-refractivity contribution >= 4 is 23.2 Å². The molecule has 1 rings (SSSR count). The quantitative estimate of drug-likeness (QED) is 0.487. The predicted molar refractivity (Wildman–Crippen MR) is 58.0 cm³/mol. The summed E-state index contributed by atoms with van der Waals surface area (Å²) in [6.07, 6.45) is -6.60. The molecule has 0 aliphatic carbocycles. The van der Waals surface area contributed by atoms with E-state index in [1.54, 1.807) is 0 Å². The Morgan fingerprint density at radius 1 is 1.32 bits per heavy atom. The van der Waals surface area contributed by atoms with E-state index in [2.05, 4.69) is 0 Å². The Morgan fingerprint density at radius 2 is 1.89 bits per heavy atom. The average molecular weight is 299 g/mol. The fourth-order valence-electron chi connectivity index (χ4n) is 1.24. The Morgan fingerprint density at radius 3 is 2.37 bits per heavy atom. The number of methoxy groups -OCH3 is 1. The number of ether oxygens (including phenoxy) is 1. The second-order valence-corrected chi connectivity index (χ2v) is 3.89.